The summed E-state index contributed by atoms with van der Waals surface area (Å²) in [6.45, 7) is 5.31. The lowest BCUT2D eigenvalue weighted by Gasteiger charge is -2.35. The van der Waals surface area contributed by atoms with E-state index in [0.29, 0.717) is 11.3 Å². The zero-order valence-electron chi connectivity index (χ0n) is 7.24. The quantitative estimate of drug-likeness (QED) is 0.558. The van der Waals surface area contributed by atoms with Crippen LogP contribution in [0.25, 0.3) is 0 Å². The highest BCUT2D eigenvalue weighted by Crippen LogP contribution is 2.55. The van der Waals surface area contributed by atoms with E-state index in [4.69, 9.17) is 0 Å². The van der Waals surface area contributed by atoms with Crippen LogP contribution in [-0.2, 0) is 4.79 Å². The fourth-order valence-corrected chi connectivity index (χ4v) is 2.12. The average molecular weight is 153 g/mol. The third-order valence-electron chi connectivity index (χ3n) is 2.88. The first kappa shape index (κ1) is 7.14. The fourth-order valence-electron chi connectivity index (χ4n) is 2.12. The second kappa shape index (κ2) is 1.79. The first-order valence-corrected chi connectivity index (χ1v) is 4.33. The molecule has 2 aliphatic rings. The van der Waals surface area contributed by atoms with E-state index in [0.717, 1.165) is 25.8 Å². The molecule has 0 bridgehead atoms. The average Bonchev–Trinajstić information content (AvgIpc) is 2.61. The van der Waals surface area contributed by atoms with Crippen molar-refractivity contribution in [3.63, 3.8) is 0 Å². The summed E-state index contributed by atoms with van der Waals surface area (Å²) in [5, 5.41) is 2.99. The van der Waals surface area contributed by atoms with Gasteiger partial charge in [0.1, 0.15) is 0 Å². The Morgan fingerprint density at radius 1 is 1.36 bits per heavy atom. The van der Waals surface area contributed by atoms with Crippen LogP contribution in [0.2, 0.25) is 0 Å². The lowest BCUT2D eigenvalue weighted by atomic mass is 9.77. The third kappa shape index (κ3) is 1.05. The summed E-state index contributed by atoms with van der Waals surface area (Å²) in [6, 6.07) is 0. The van der Waals surface area contributed by atoms with Crippen molar-refractivity contribution in [3.05, 3.63) is 0 Å². The lowest BCUT2D eigenvalue weighted by molar-refractivity contribution is -0.130. The molecule has 0 unspecified atom stereocenters. The number of rotatable bonds is 0. The lowest BCUT2D eigenvalue weighted by Crippen LogP contribution is -2.46. The van der Waals surface area contributed by atoms with Gasteiger partial charge in [0.15, 0.2) is 0 Å². The van der Waals surface area contributed by atoms with Gasteiger partial charge in [-0.05, 0) is 24.7 Å². The van der Waals surface area contributed by atoms with Crippen molar-refractivity contribution >= 4 is 5.91 Å². The van der Waals surface area contributed by atoms with Crippen LogP contribution in [0.15, 0.2) is 0 Å². The monoisotopic (exact) mass is 153 g/mol. The summed E-state index contributed by atoms with van der Waals surface area (Å²) in [6.07, 6.45) is 3.32. The van der Waals surface area contributed by atoms with Crippen molar-refractivity contribution in [2.24, 2.45) is 10.8 Å². The molecular formula is C9H15NO. The van der Waals surface area contributed by atoms with Crippen LogP contribution in [0, 0.1) is 10.8 Å². The maximum atomic E-state index is 11.4. The molecule has 1 aliphatic heterocycles. The Hall–Kier alpha value is -0.530. The number of piperidine rings is 1. The van der Waals surface area contributed by atoms with Gasteiger partial charge in [0.25, 0.3) is 0 Å². The molecule has 2 heteroatoms. The van der Waals surface area contributed by atoms with Gasteiger partial charge in [-0.25, -0.2) is 0 Å². The van der Waals surface area contributed by atoms with E-state index < -0.39 is 0 Å². The Labute approximate surface area is 67.4 Å². The van der Waals surface area contributed by atoms with Gasteiger partial charge in [-0.2, -0.15) is 0 Å². The molecule has 1 N–H and O–H groups in total. The minimum absolute atomic E-state index is 0.0712. The summed E-state index contributed by atoms with van der Waals surface area (Å²) in [5.41, 5.74) is 0.395. The Balaban J connectivity index is 2.16. The number of carbonyl (C=O) groups excluding carboxylic acids is 1. The molecule has 62 valence electrons. The Kier molecular flexibility index (Phi) is 1.16. The molecule has 2 nitrogen and oxygen atoms in total. The normalized spacial score (nSPS) is 31.6. The summed E-state index contributed by atoms with van der Waals surface area (Å²) in [7, 11) is 0. The van der Waals surface area contributed by atoms with Gasteiger partial charge in [0.05, 0.1) is 0 Å². The van der Waals surface area contributed by atoms with E-state index in [2.05, 4.69) is 19.2 Å². The van der Waals surface area contributed by atoms with Gasteiger partial charge in [0, 0.05) is 12.0 Å². The molecule has 2 rings (SSSR count). The molecule has 1 saturated heterocycles. The zero-order chi connectivity index (χ0) is 8.11. The number of carbonyl (C=O) groups is 1. The minimum atomic E-state index is 0.0712. The molecule has 1 saturated carbocycles. The van der Waals surface area contributed by atoms with Crippen LogP contribution < -0.4 is 5.32 Å². The van der Waals surface area contributed by atoms with Crippen molar-refractivity contribution in [1.29, 1.82) is 0 Å². The van der Waals surface area contributed by atoms with Crippen LogP contribution in [0.4, 0.5) is 0 Å². The molecule has 1 spiro atoms. The molecule has 2 fully saturated rings. The van der Waals surface area contributed by atoms with E-state index in [-0.39, 0.29) is 5.41 Å². The Morgan fingerprint density at radius 3 is 2.45 bits per heavy atom. The maximum Gasteiger partial charge on any atom is 0.226 e. The van der Waals surface area contributed by atoms with E-state index in [9.17, 15) is 4.79 Å². The topological polar surface area (TPSA) is 29.1 Å². The van der Waals surface area contributed by atoms with E-state index >= 15 is 0 Å². The van der Waals surface area contributed by atoms with Crippen molar-refractivity contribution in [2.75, 3.05) is 6.54 Å². The van der Waals surface area contributed by atoms with Crippen molar-refractivity contribution in [2.45, 2.75) is 33.1 Å². The second-order valence-electron chi connectivity index (χ2n) is 4.80. The molecule has 11 heavy (non-hydrogen) atoms. The van der Waals surface area contributed by atoms with Crippen molar-refractivity contribution < 1.29 is 4.79 Å². The molecule has 1 heterocycles. The van der Waals surface area contributed by atoms with E-state index in [1.54, 1.807) is 0 Å². The van der Waals surface area contributed by atoms with Gasteiger partial charge in [-0.15, -0.1) is 0 Å². The highest BCUT2D eigenvalue weighted by Gasteiger charge is 2.54. The highest BCUT2D eigenvalue weighted by molar-refractivity contribution is 5.86. The van der Waals surface area contributed by atoms with Crippen LogP contribution >= 0.6 is 0 Å². The van der Waals surface area contributed by atoms with Gasteiger partial charge < -0.3 is 5.32 Å². The van der Waals surface area contributed by atoms with Crippen LogP contribution in [0.5, 0.6) is 0 Å². The molecule has 1 aliphatic carbocycles. The molecule has 0 radical (unpaired) electrons. The maximum absolute atomic E-state index is 11.4. The number of hydrogen-bond donors (Lipinski definition) is 1. The van der Waals surface area contributed by atoms with Crippen molar-refractivity contribution in [3.8, 4) is 0 Å². The van der Waals surface area contributed by atoms with Crippen molar-refractivity contribution in [1.82, 2.24) is 5.32 Å². The molecule has 0 atom stereocenters. The third-order valence-corrected chi connectivity index (χ3v) is 2.88. The summed E-state index contributed by atoms with van der Waals surface area (Å²) < 4.78 is 0. The van der Waals surface area contributed by atoms with E-state index in [1.807, 2.05) is 0 Å². The first-order valence-electron chi connectivity index (χ1n) is 4.33. The second-order valence-corrected chi connectivity index (χ2v) is 4.80. The minimum Gasteiger partial charge on any atom is -0.355 e. The largest absolute Gasteiger partial charge is 0.355 e. The summed E-state index contributed by atoms with van der Waals surface area (Å²) in [4.78, 5) is 11.4. The molecule has 0 aromatic heterocycles. The fraction of sp³-hybridized carbons (Fsp3) is 0.889. The first-order chi connectivity index (χ1) is 5.04. The van der Waals surface area contributed by atoms with E-state index in [1.165, 1.54) is 0 Å². The van der Waals surface area contributed by atoms with Gasteiger partial charge >= 0.3 is 0 Å². The Bertz CT molecular complexity index is 204. The van der Waals surface area contributed by atoms with Gasteiger partial charge in [-0.3, -0.25) is 4.79 Å². The molecule has 0 aromatic carbocycles. The van der Waals surface area contributed by atoms with Crippen LogP contribution in [-0.4, -0.2) is 12.5 Å². The highest BCUT2D eigenvalue weighted by atomic mass is 16.2. The van der Waals surface area contributed by atoms with Crippen LogP contribution in [0.1, 0.15) is 33.1 Å². The van der Waals surface area contributed by atoms with Crippen LogP contribution in [0.3, 0.4) is 0 Å². The van der Waals surface area contributed by atoms with Gasteiger partial charge in [0.2, 0.25) is 5.91 Å². The smallest absolute Gasteiger partial charge is 0.226 e. The summed E-state index contributed by atoms with van der Waals surface area (Å²) in [5.74, 6) is 0.303. The predicted molar refractivity (Wildman–Crippen MR) is 43.1 cm³/mol. The number of nitrogens with one attached hydrogen (secondary N) is 1. The molecule has 1 amide bonds. The standard InChI is InChI=1S/C9H15NO/c1-8(2)5-9(3-4-9)7(11)10-6-8/h3-6H2,1-2H3,(H,10,11). The molecular weight excluding hydrogens is 138 g/mol. The molecule has 0 aromatic rings. The SMILES string of the molecule is CC1(C)CNC(=O)C2(CC2)C1. The predicted octanol–water partition coefficient (Wildman–Crippen LogP) is 1.31. The number of amides is 1. The summed E-state index contributed by atoms with van der Waals surface area (Å²) >= 11 is 0. The zero-order valence-corrected chi connectivity index (χ0v) is 7.24. The number of hydrogen-bond acceptors (Lipinski definition) is 1. The Morgan fingerprint density at radius 2 is 2.00 bits per heavy atom. The van der Waals surface area contributed by atoms with Gasteiger partial charge in [-0.1, -0.05) is 13.8 Å².